The fourth-order valence-corrected chi connectivity index (χ4v) is 1.88. The number of halogens is 3. The zero-order chi connectivity index (χ0) is 13.8. The van der Waals surface area contributed by atoms with Gasteiger partial charge in [-0.3, -0.25) is 0 Å². The predicted molar refractivity (Wildman–Crippen MR) is 69.5 cm³/mol. The molecule has 0 aliphatic rings. The molecule has 0 N–H and O–H groups in total. The van der Waals surface area contributed by atoms with Gasteiger partial charge in [-0.1, -0.05) is 6.07 Å². The third-order valence-electron chi connectivity index (χ3n) is 2.49. The maximum atomic E-state index is 13.7. The smallest absolute Gasteiger partial charge is 0.146 e. The molecule has 2 nitrogen and oxygen atoms in total. The number of nitrogens with zero attached hydrogens (tertiary/aromatic N) is 1. The highest BCUT2D eigenvalue weighted by Gasteiger charge is 2.13. The van der Waals surface area contributed by atoms with Crippen LogP contribution in [0.3, 0.4) is 0 Å². The minimum Gasteiger partial charge on any atom is -0.489 e. The molecular weight excluding hydrogens is 316 g/mol. The second kappa shape index (κ2) is 5.81. The monoisotopic (exact) mass is 323 g/mol. The van der Waals surface area contributed by atoms with E-state index < -0.39 is 11.6 Å². The first-order chi connectivity index (χ1) is 9.11. The van der Waals surface area contributed by atoms with Crippen LogP contribution in [0.2, 0.25) is 0 Å². The van der Waals surface area contributed by atoms with Crippen molar-refractivity contribution in [1.29, 1.82) is 5.26 Å². The first-order valence-electron chi connectivity index (χ1n) is 5.37. The van der Waals surface area contributed by atoms with E-state index in [2.05, 4.69) is 15.9 Å². The van der Waals surface area contributed by atoms with Crippen LogP contribution in [0.1, 0.15) is 11.1 Å². The lowest BCUT2D eigenvalue weighted by Crippen LogP contribution is -2.02. The molecule has 96 valence electrons. The lowest BCUT2D eigenvalue weighted by Gasteiger charge is -2.09. The minimum atomic E-state index is -0.684. The summed E-state index contributed by atoms with van der Waals surface area (Å²) < 4.78 is 32.7. The van der Waals surface area contributed by atoms with Crippen molar-refractivity contribution in [3.8, 4) is 11.8 Å². The van der Waals surface area contributed by atoms with E-state index in [0.29, 0.717) is 11.3 Å². The van der Waals surface area contributed by atoms with Crippen molar-refractivity contribution in [1.82, 2.24) is 0 Å². The fourth-order valence-electron chi connectivity index (χ4n) is 1.51. The molecule has 0 saturated carbocycles. The van der Waals surface area contributed by atoms with Crippen LogP contribution in [0, 0.1) is 23.0 Å². The van der Waals surface area contributed by atoms with Crippen molar-refractivity contribution in [2.75, 3.05) is 0 Å². The Balaban J connectivity index is 2.19. The maximum Gasteiger partial charge on any atom is 0.146 e. The summed E-state index contributed by atoms with van der Waals surface area (Å²) in [6.07, 6.45) is 0. The molecule has 0 heterocycles. The van der Waals surface area contributed by atoms with Gasteiger partial charge < -0.3 is 4.74 Å². The van der Waals surface area contributed by atoms with E-state index >= 15 is 0 Å². The molecule has 0 fully saturated rings. The SMILES string of the molecule is N#Cc1cccc(OCc2c(F)ccc(Br)c2F)c1. The lowest BCUT2D eigenvalue weighted by atomic mass is 10.2. The van der Waals surface area contributed by atoms with Crippen LogP contribution in [0.25, 0.3) is 0 Å². The molecule has 0 aliphatic heterocycles. The van der Waals surface area contributed by atoms with Gasteiger partial charge in [-0.15, -0.1) is 0 Å². The van der Waals surface area contributed by atoms with Crippen LogP contribution in [-0.2, 0) is 6.61 Å². The summed E-state index contributed by atoms with van der Waals surface area (Å²) in [5, 5.41) is 8.74. The van der Waals surface area contributed by atoms with E-state index in [1.54, 1.807) is 18.2 Å². The highest BCUT2D eigenvalue weighted by Crippen LogP contribution is 2.23. The van der Waals surface area contributed by atoms with E-state index in [9.17, 15) is 8.78 Å². The Hall–Kier alpha value is -1.93. The normalized spacial score (nSPS) is 10.0. The van der Waals surface area contributed by atoms with Crippen LogP contribution < -0.4 is 4.74 Å². The first-order valence-corrected chi connectivity index (χ1v) is 6.16. The largest absolute Gasteiger partial charge is 0.489 e. The second-order valence-electron chi connectivity index (χ2n) is 3.75. The van der Waals surface area contributed by atoms with Gasteiger partial charge in [0.1, 0.15) is 24.0 Å². The van der Waals surface area contributed by atoms with Crippen LogP contribution in [0.4, 0.5) is 8.78 Å². The number of rotatable bonds is 3. The molecule has 2 aromatic rings. The van der Waals surface area contributed by atoms with Gasteiger partial charge in [-0.2, -0.15) is 5.26 Å². The molecule has 0 radical (unpaired) electrons. The Morgan fingerprint density at radius 1 is 1.21 bits per heavy atom. The van der Waals surface area contributed by atoms with E-state index in [4.69, 9.17) is 10.00 Å². The molecule has 0 spiro atoms. The van der Waals surface area contributed by atoms with Crippen molar-refractivity contribution >= 4 is 15.9 Å². The molecule has 0 saturated heterocycles. The summed E-state index contributed by atoms with van der Waals surface area (Å²) in [5.41, 5.74) is 0.268. The van der Waals surface area contributed by atoms with Crippen LogP contribution in [0.15, 0.2) is 40.9 Å². The van der Waals surface area contributed by atoms with Gasteiger partial charge in [0, 0.05) is 0 Å². The Labute approximate surface area is 117 Å². The Morgan fingerprint density at radius 3 is 2.74 bits per heavy atom. The molecule has 2 aromatic carbocycles. The summed E-state index contributed by atoms with van der Waals surface area (Å²) in [5.74, 6) is -0.966. The van der Waals surface area contributed by atoms with E-state index in [0.717, 1.165) is 6.07 Å². The summed E-state index contributed by atoms with van der Waals surface area (Å²) in [6, 6.07) is 10.8. The number of hydrogen-bond acceptors (Lipinski definition) is 2. The van der Waals surface area contributed by atoms with E-state index in [1.165, 1.54) is 12.1 Å². The van der Waals surface area contributed by atoms with Crippen LogP contribution >= 0.6 is 15.9 Å². The van der Waals surface area contributed by atoms with Crippen molar-refractivity contribution in [2.24, 2.45) is 0 Å². The highest BCUT2D eigenvalue weighted by atomic mass is 79.9. The molecular formula is C14H8BrF2NO. The predicted octanol–water partition coefficient (Wildman–Crippen LogP) is 4.18. The quantitative estimate of drug-likeness (QED) is 0.794. The molecule has 0 amide bonds. The van der Waals surface area contributed by atoms with Gasteiger partial charge in [0.15, 0.2) is 0 Å². The highest BCUT2D eigenvalue weighted by molar-refractivity contribution is 9.10. The second-order valence-corrected chi connectivity index (χ2v) is 4.60. The van der Waals surface area contributed by atoms with Crippen molar-refractivity contribution in [2.45, 2.75) is 6.61 Å². The average molecular weight is 324 g/mol. The van der Waals surface area contributed by atoms with Gasteiger partial charge in [0.05, 0.1) is 21.7 Å². The minimum absolute atomic E-state index is 0.156. The zero-order valence-electron chi connectivity index (χ0n) is 9.66. The third-order valence-corrected chi connectivity index (χ3v) is 3.10. The number of benzene rings is 2. The zero-order valence-corrected chi connectivity index (χ0v) is 11.2. The molecule has 0 bridgehead atoms. The van der Waals surface area contributed by atoms with Crippen LogP contribution in [-0.4, -0.2) is 0 Å². The van der Waals surface area contributed by atoms with Gasteiger partial charge in [0.2, 0.25) is 0 Å². The Kier molecular flexibility index (Phi) is 4.13. The van der Waals surface area contributed by atoms with Gasteiger partial charge >= 0.3 is 0 Å². The molecule has 5 heteroatoms. The molecule has 0 unspecified atom stereocenters. The standard InChI is InChI=1S/C14H8BrF2NO/c15-12-4-5-13(16)11(14(12)17)8-19-10-3-1-2-9(6-10)7-18/h1-6H,8H2. The first kappa shape index (κ1) is 13.5. The van der Waals surface area contributed by atoms with Gasteiger partial charge in [0.25, 0.3) is 0 Å². The van der Waals surface area contributed by atoms with Gasteiger partial charge in [-0.05, 0) is 46.3 Å². The summed E-state index contributed by atoms with van der Waals surface area (Å²) in [6.45, 7) is -0.244. The number of nitriles is 1. The van der Waals surface area contributed by atoms with Crippen molar-refractivity contribution in [3.05, 3.63) is 63.6 Å². The summed E-state index contributed by atoms with van der Waals surface area (Å²) >= 11 is 2.99. The van der Waals surface area contributed by atoms with Crippen molar-refractivity contribution < 1.29 is 13.5 Å². The molecule has 2 rings (SSSR count). The Morgan fingerprint density at radius 2 is 2.00 bits per heavy atom. The number of ether oxygens (including phenoxy) is 1. The summed E-state index contributed by atoms with van der Waals surface area (Å²) in [4.78, 5) is 0. The van der Waals surface area contributed by atoms with Gasteiger partial charge in [-0.25, -0.2) is 8.78 Å². The van der Waals surface area contributed by atoms with Crippen LogP contribution in [0.5, 0.6) is 5.75 Å². The molecule has 0 aliphatic carbocycles. The lowest BCUT2D eigenvalue weighted by molar-refractivity contribution is 0.292. The molecule has 19 heavy (non-hydrogen) atoms. The van der Waals surface area contributed by atoms with E-state index in [1.807, 2.05) is 6.07 Å². The fraction of sp³-hybridized carbons (Fsp3) is 0.0714. The molecule has 0 aromatic heterocycles. The maximum absolute atomic E-state index is 13.7. The van der Waals surface area contributed by atoms with E-state index in [-0.39, 0.29) is 16.6 Å². The number of hydrogen-bond donors (Lipinski definition) is 0. The molecule has 0 atom stereocenters. The summed E-state index contributed by atoms with van der Waals surface area (Å²) in [7, 11) is 0. The third kappa shape index (κ3) is 3.09. The van der Waals surface area contributed by atoms with Crippen molar-refractivity contribution in [3.63, 3.8) is 0 Å². The topological polar surface area (TPSA) is 33.0 Å². The Bertz CT molecular complexity index is 652. The average Bonchev–Trinajstić information content (AvgIpc) is 2.43.